The van der Waals surface area contributed by atoms with Crippen LogP contribution in [0.5, 0.6) is 0 Å². The molecular formula is C20H23N3O3. The largest absolute Gasteiger partial charge is 0.461 e. The minimum atomic E-state index is -0.439. The Morgan fingerprint density at radius 2 is 1.96 bits per heavy atom. The van der Waals surface area contributed by atoms with Crippen LogP contribution in [0.15, 0.2) is 36.5 Å². The van der Waals surface area contributed by atoms with Gasteiger partial charge in [-0.3, -0.25) is 4.79 Å². The lowest BCUT2D eigenvalue weighted by Gasteiger charge is -2.08. The summed E-state index contributed by atoms with van der Waals surface area (Å²) in [4.78, 5) is 27.5. The molecule has 0 spiro atoms. The number of nitrogens with zero attached hydrogens (tertiary/aromatic N) is 1. The monoisotopic (exact) mass is 353 g/mol. The molecule has 0 saturated heterocycles. The highest BCUT2D eigenvalue weighted by atomic mass is 16.5. The molecule has 0 saturated carbocycles. The third-order valence-electron chi connectivity index (χ3n) is 4.46. The lowest BCUT2D eigenvalue weighted by Crippen LogP contribution is -2.28. The first-order chi connectivity index (χ1) is 12.5. The van der Waals surface area contributed by atoms with Gasteiger partial charge in [0.25, 0.3) is 5.91 Å². The number of carbonyl (C=O) groups is 2. The molecule has 1 amide bonds. The van der Waals surface area contributed by atoms with Crippen LogP contribution in [-0.2, 0) is 11.3 Å². The van der Waals surface area contributed by atoms with Crippen LogP contribution < -0.4 is 5.32 Å². The lowest BCUT2D eigenvalue weighted by atomic mass is 10.1. The average molecular weight is 353 g/mol. The molecule has 2 N–H and O–H groups in total. The molecule has 0 unspecified atom stereocenters. The highest BCUT2D eigenvalue weighted by Gasteiger charge is 2.22. The molecule has 3 rings (SSSR count). The normalized spacial score (nSPS) is 10.9. The van der Waals surface area contributed by atoms with Crippen molar-refractivity contribution >= 4 is 22.8 Å². The van der Waals surface area contributed by atoms with Gasteiger partial charge in [-0.05, 0) is 43.9 Å². The Kier molecular flexibility index (Phi) is 5.11. The Morgan fingerprint density at radius 3 is 2.73 bits per heavy atom. The topological polar surface area (TPSA) is 76.1 Å². The predicted octanol–water partition coefficient (Wildman–Crippen LogP) is 3.19. The first-order valence-corrected chi connectivity index (χ1v) is 8.71. The number of hydrogen-bond acceptors (Lipinski definition) is 3. The molecule has 2 heterocycles. The first-order valence-electron chi connectivity index (χ1n) is 8.71. The summed E-state index contributed by atoms with van der Waals surface area (Å²) >= 11 is 0. The van der Waals surface area contributed by atoms with Crippen molar-refractivity contribution in [3.05, 3.63) is 59.0 Å². The summed E-state index contributed by atoms with van der Waals surface area (Å²) in [5, 5.41) is 4.11. The molecule has 26 heavy (non-hydrogen) atoms. The average Bonchev–Trinajstić information content (AvgIpc) is 3.16. The summed E-state index contributed by atoms with van der Waals surface area (Å²) < 4.78 is 7.13. The van der Waals surface area contributed by atoms with Crippen LogP contribution in [0.4, 0.5) is 0 Å². The second-order valence-corrected chi connectivity index (χ2v) is 6.17. The maximum atomic E-state index is 12.6. The number of esters is 1. The number of rotatable bonds is 6. The van der Waals surface area contributed by atoms with Crippen molar-refractivity contribution in [1.29, 1.82) is 0 Å². The maximum absolute atomic E-state index is 12.6. The van der Waals surface area contributed by atoms with Crippen LogP contribution in [0, 0.1) is 13.8 Å². The van der Waals surface area contributed by atoms with Crippen LogP contribution >= 0.6 is 0 Å². The minimum absolute atomic E-state index is 0.191. The van der Waals surface area contributed by atoms with Gasteiger partial charge in [0.1, 0.15) is 5.69 Å². The summed E-state index contributed by atoms with van der Waals surface area (Å²) in [6, 6.07) is 10.2. The summed E-state index contributed by atoms with van der Waals surface area (Å²) in [6.07, 6.45) is 2.02. The fourth-order valence-electron chi connectivity index (χ4n) is 3.21. The Balaban J connectivity index is 1.68. The highest BCUT2D eigenvalue weighted by Crippen LogP contribution is 2.19. The fraction of sp³-hybridized carbons (Fsp3) is 0.300. The van der Waals surface area contributed by atoms with Gasteiger partial charge in [-0.15, -0.1) is 0 Å². The van der Waals surface area contributed by atoms with E-state index < -0.39 is 5.97 Å². The molecule has 3 aromatic rings. The van der Waals surface area contributed by atoms with Crippen molar-refractivity contribution in [1.82, 2.24) is 14.9 Å². The van der Waals surface area contributed by atoms with E-state index in [1.54, 1.807) is 20.8 Å². The minimum Gasteiger partial charge on any atom is -0.461 e. The summed E-state index contributed by atoms with van der Waals surface area (Å²) in [6.45, 7) is 6.75. The van der Waals surface area contributed by atoms with Gasteiger partial charge in [0.05, 0.1) is 12.2 Å². The predicted molar refractivity (Wildman–Crippen MR) is 100 cm³/mol. The van der Waals surface area contributed by atoms with Crippen molar-refractivity contribution in [2.24, 2.45) is 0 Å². The number of aromatic amines is 1. The maximum Gasteiger partial charge on any atom is 0.355 e. The molecule has 0 bridgehead atoms. The molecule has 0 aliphatic heterocycles. The lowest BCUT2D eigenvalue weighted by molar-refractivity contribution is 0.0519. The summed E-state index contributed by atoms with van der Waals surface area (Å²) in [7, 11) is 0. The van der Waals surface area contributed by atoms with E-state index in [0.717, 1.165) is 5.52 Å². The molecule has 136 valence electrons. The highest BCUT2D eigenvalue weighted by molar-refractivity contribution is 6.01. The van der Waals surface area contributed by atoms with Crippen molar-refractivity contribution in [3.8, 4) is 0 Å². The zero-order valence-corrected chi connectivity index (χ0v) is 15.3. The number of benzene rings is 1. The third-order valence-corrected chi connectivity index (χ3v) is 4.46. The SMILES string of the molecule is CCOC(=O)c1[nH]c(C)c(C(=O)NCCn2ccc3ccccc32)c1C. The summed E-state index contributed by atoms with van der Waals surface area (Å²) in [5.74, 6) is -0.630. The van der Waals surface area contributed by atoms with E-state index in [1.807, 2.05) is 18.3 Å². The van der Waals surface area contributed by atoms with Crippen molar-refractivity contribution in [3.63, 3.8) is 0 Å². The molecule has 0 atom stereocenters. The molecule has 0 radical (unpaired) electrons. The molecular weight excluding hydrogens is 330 g/mol. The van der Waals surface area contributed by atoms with Gasteiger partial charge in [-0.25, -0.2) is 4.79 Å². The Bertz CT molecular complexity index is 953. The van der Waals surface area contributed by atoms with Gasteiger partial charge in [0, 0.05) is 30.5 Å². The number of ether oxygens (including phenoxy) is 1. The number of aromatic nitrogens is 2. The van der Waals surface area contributed by atoms with E-state index in [1.165, 1.54) is 5.39 Å². The van der Waals surface area contributed by atoms with Crippen LogP contribution in [0.25, 0.3) is 10.9 Å². The van der Waals surface area contributed by atoms with E-state index in [2.05, 4.69) is 33.1 Å². The van der Waals surface area contributed by atoms with E-state index in [9.17, 15) is 9.59 Å². The van der Waals surface area contributed by atoms with Gasteiger partial charge < -0.3 is 19.6 Å². The molecule has 0 fully saturated rings. The molecule has 0 aliphatic rings. The van der Waals surface area contributed by atoms with E-state index in [0.29, 0.717) is 42.2 Å². The van der Waals surface area contributed by atoms with E-state index in [-0.39, 0.29) is 5.91 Å². The van der Waals surface area contributed by atoms with Gasteiger partial charge in [0.2, 0.25) is 0 Å². The zero-order chi connectivity index (χ0) is 18.7. The van der Waals surface area contributed by atoms with Crippen molar-refractivity contribution in [2.75, 3.05) is 13.2 Å². The molecule has 6 heteroatoms. The van der Waals surface area contributed by atoms with E-state index >= 15 is 0 Å². The Morgan fingerprint density at radius 1 is 1.19 bits per heavy atom. The van der Waals surface area contributed by atoms with Crippen LogP contribution in [0.3, 0.4) is 0 Å². The molecule has 6 nitrogen and oxygen atoms in total. The number of nitrogens with one attached hydrogen (secondary N) is 2. The number of carbonyl (C=O) groups excluding carboxylic acids is 2. The summed E-state index contributed by atoms with van der Waals surface area (Å²) in [5.41, 5.74) is 3.26. The third kappa shape index (κ3) is 3.35. The van der Waals surface area contributed by atoms with Gasteiger partial charge in [-0.1, -0.05) is 18.2 Å². The van der Waals surface area contributed by atoms with Crippen LogP contribution in [0.1, 0.15) is 39.0 Å². The number of fused-ring (bicyclic) bond motifs is 1. The zero-order valence-electron chi connectivity index (χ0n) is 15.3. The Labute approximate surface area is 152 Å². The van der Waals surface area contributed by atoms with Crippen LogP contribution in [0.2, 0.25) is 0 Å². The number of para-hydroxylation sites is 1. The van der Waals surface area contributed by atoms with E-state index in [4.69, 9.17) is 4.74 Å². The van der Waals surface area contributed by atoms with Gasteiger partial charge in [-0.2, -0.15) is 0 Å². The van der Waals surface area contributed by atoms with Crippen LogP contribution in [-0.4, -0.2) is 34.6 Å². The fourth-order valence-corrected chi connectivity index (χ4v) is 3.21. The second-order valence-electron chi connectivity index (χ2n) is 6.17. The number of hydrogen-bond donors (Lipinski definition) is 2. The van der Waals surface area contributed by atoms with Crippen molar-refractivity contribution in [2.45, 2.75) is 27.3 Å². The number of H-pyrrole nitrogens is 1. The Hall–Kier alpha value is -3.02. The van der Waals surface area contributed by atoms with Gasteiger partial charge in [0.15, 0.2) is 0 Å². The number of aryl methyl sites for hydroxylation is 1. The standard InChI is InChI=1S/C20H23N3O3/c1-4-26-20(25)18-13(2)17(14(3)22-18)19(24)21-10-12-23-11-9-15-7-5-6-8-16(15)23/h5-9,11,22H,4,10,12H2,1-3H3,(H,21,24). The quantitative estimate of drug-likeness (QED) is 0.668. The molecule has 0 aliphatic carbocycles. The number of amides is 1. The smallest absolute Gasteiger partial charge is 0.355 e. The van der Waals surface area contributed by atoms with Crippen molar-refractivity contribution < 1.29 is 14.3 Å². The first kappa shape index (κ1) is 17.8. The molecule has 2 aromatic heterocycles. The molecule has 1 aromatic carbocycles. The second kappa shape index (κ2) is 7.47. The van der Waals surface area contributed by atoms with Gasteiger partial charge >= 0.3 is 5.97 Å².